The first-order valence-corrected chi connectivity index (χ1v) is 7.57. The molecule has 0 N–H and O–H groups in total. The minimum absolute atomic E-state index is 0.271. The number of oxime groups is 1. The van der Waals surface area contributed by atoms with Gasteiger partial charge in [0.25, 0.3) is 0 Å². The zero-order chi connectivity index (χ0) is 15.6. The largest absolute Gasteiger partial charge is 0.365 e. The summed E-state index contributed by atoms with van der Waals surface area (Å²) in [4.78, 5) is 19.3. The lowest BCUT2D eigenvalue weighted by Crippen LogP contribution is -2.43. The molecule has 0 amide bonds. The van der Waals surface area contributed by atoms with E-state index in [0.29, 0.717) is 21.7 Å². The molecule has 0 unspecified atom stereocenters. The van der Waals surface area contributed by atoms with E-state index in [4.69, 9.17) is 28.0 Å². The monoisotopic (exact) mass is 328 g/mol. The zero-order valence-electron chi connectivity index (χ0n) is 12.3. The molecule has 0 bridgehead atoms. The minimum Gasteiger partial charge on any atom is -0.313 e. The molecule has 1 aromatic rings. The molecule has 4 nitrogen and oxygen atoms in total. The Morgan fingerprint density at radius 2 is 2.05 bits per heavy atom. The fraction of sp³-hybridized carbons (Fsp3) is 0.467. The second kappa shape index (κ2) is 6.77. The molecule has 1 aliphatic rings. The van der Waals surface area contributed by atoms with Crippen LogP contribution >= 0.6 is 23.2 Å². The number of hydrogen-bond donors (Lipinski definition) is 0. The normalized spacial score (nSPS) is 25.1. The molecular weight excluding hydrogens is 311 g/mol. The highest BCUT2D eigenvalue weighted by molar-refractivity contribution is 6.42. The Balaban J connectivity index is 2.05. The number of benzene rings is 1. The molecule has 0 aliphatic carbocycles. The number of rotatable bonds is 2. The van der Waals surface area contributed by atoms with Crippen molar-refractivity contribution in [2.24, 2.45) is 11.1 Å². The molecule has 1 aliphatic heterocycles. The van der Waals surface area contributed by atoms with Gasteiger partial charge >= 0.3 is 5.97 Å². The predicted molar refractivity (Wildman–Crippen MR) is 85.2 cm³/mol. The van der Waals surface area contributed by atoms with E-state index in [-0.39, 0.29) is 5.92 Å². The molecule has 1 saturated heterocycles. The Labute approximate surface area is 134 Å². The Morgan fingerprint density at radius 3 is 2.71 bits per heavy atom. The maximum atomic E-state index is 12.0. The van der Waals surface area contributed by atoms with Crippen molar-refractivity contribution in [3.05, 3.63) is 33.8 Å². The molecule has 21 heavy (non-hydrogen) atoms. The SMILES string of the molecule is C[C@@H]1CN(C)[C@@H](C)C/C1=N/OC(=O)c1ccc(Cl)c(Cl)c1. The molecule has 1 fully saturated rings. The summed E-state index contributed by atoms with van der Waals surface area (Å²) >= 11 is 11.7. The van der Waals surface area contributed by atoms with Crippen LogP contribution in [0.3, 0.4) is 0 Å². The molecule has 0 spiro atoms. The summed E-state index contributed by atoms with van der Waals surface area (Å²) in [6.07, 6.45) is 0.798. The molecule has 114 valence electrons. The van der Waals surface area contributed by atoms with E-state index in [1.165, 1.54) is 6.07 Å². The highest BCUT2D eigenvalue weighted by Gasteiger charge is 2.26. The number of carbonyl (C=O) groups excluding carboxylic acids is 1. The number of carbonyl (C=O) groups is 1. The number of likely N-dealkylation sites (tertiary alicyclic amines) is 1. The molecule has 1 aromatic carbocycles. The number of hydrogen-bond acceptors (Lipinski definition) is 4. The van der Waals surface area contributed by atoms with Crippen LogP contribution in [0, 0.1) is 5.92 Å². The van der Waals surface area contributed by atoms with Gasteiger partial charge in [-0.2, -0.15) is 0 Å². The molecule has 0 saturated carbocycles. The van der Waals surface area contributed by atoms with Crippen molar-refractivity contribution in [3.8, 4) is 0 Å². The third-order valence-electron chi connectivity index (χ3n) is 3.79. The van der Waals surface area contributed by atoms with Gasteiger partial charge in [0.2, 0.25) is 0 Å². The van der Waals surface area contributed by atoms with Gasteiger partial charge < -0.3 is 9.74 Å². The highest BCUT2D eigenvalue weighted by atomic mass is 35.5. The van der Waals surface area contributed by atoms with Crippen molar-refractivity contribution in [1.29, 1.82) is 0 Å². The first-order valence-electron chi connectivity index (χ1n) is 6.82. The van der Waals surface area contributed by atoms with E-state index in [2.05, 4.69) is 31.0 Å². The van der Waals surface area contributed by atoms with Crippen LogP contribution in [0.1, 0.15) is 30.6 Å². The standard InChI is InChI=1S/C15H18Cl2N2O2/c1-9-8-19(3)10(2)6-14(9)18-21-15(20)11-4-5-12(16)13(17)7-11/h4-5,7,9-10H,6,8H2,1-3H3/b18-14-/t9-,10+/m1/s1. The van der Waals surface area contributed by atoms with Crippen LogP contribution in [-0.4, -0.2) is 36.2 Å². The maximum absolute atomic E-state index is 12.0. The lowest BCUT2D eigenvalue weighted by atomic mass is 9.93. The van der Waals surface area contributed by atoms with Gasteiger partial charge in [0.1, 0.15) is 0 Å². The van der Waals surface area contributed by atoms with Crippen LogP contribution in [-0.2, 0) is 4.84 Å². The third kappa shape index (κ3) is 3.96. The lowest BCUT2D eigenvalue weighted by Gasteiger charge is -2.34. The summed E-state index contributed by atoms with van der Waals surface area (Å²) in [5.41, 5.74) is 1.25. The van der Waals surface area contributed by atoms with Gasteiger partial charge in [-0.05, 0) is 32.2 Å². The van der Waals surface area contributed by atoms with Gasteiger partial charge in [-0.15, -0.1) is 0 Å². The topological polar surface area (TPSA) is 41.9 Å². The summed E-state index contributed by atoms with van der Waals surface area (Å²) in [6.45, 7) is 5.11. The van der Waals surface area contributed by atoms with Crippen molar-refractivity contribution < 1.29 is 9.63 Å². The predicted octanol–water partition coefficient (Wildman–Crippen LogP) is 3.87. The average Bonchev–Trinajstić information content (AvgIpc) is 2.44. The van der Waals surface area contributed by atoms with E-state index in [0.717, 1.165) is 18.7 Å². The van der Waals surface area contributed by atoms with Crippen LogP contribution in [0.15, 0.2) is 23.4 Å². The quantitative estimate of drug-likeness (QED) is 0.611. The number of piperidine rings is 1. The van der Waals surface area contributed by atoms with E-state index in [1.54, 1.807) is 12.1 Å². The third-order valence-corrected chi connectivity index (χ3v) is 4.53. The van der Waals surface area contributed by atoms with E-state index < -0.39 is 5.97 Å². The molecule has 0 radical (unpaired) electrons. The van der Waals surface area contributed by atoms with E-state index in [9.17, 15) is 4.79 Å². The van der Waals surface area contributed by atoms with E-state index >= 15 is 0 Å². The van der Waals surface area contributed by atoms with Crippen molar-refractivity contribution in [2.75, 3.05) is 13.6 Å². The maximum Gasteiger partial charge on any atom is 0.365 e. The summed E-state index contributed by atoms with van der Waals surface area (Å²) in [6, 6.07) is 5.00. The Hall–Kier alpha value is -1.10. The number of nitrogens with zero attached hydrogens (tertiary/aromatic N) is 2. The number of halogens is 2. The van der Waals surface area contributed by atoms with Gasteiger partial charge in [-0.3, -0.25) is 0 Å². The lowest BCUT2D eigenvalue weighted by molar-refractivity contribution is 0.0508. The van der Waals surface area contributed by atoms with Crippen LogP contribution in [0.2, 0.25) is 10.0 Å². The molecule has 2 rings (SSSR count). The van der Waals surface area contributed by atoms with Crippen molar-refractivity contribution in [3.63, 3.8) is 0 Å². The molecule has 2 atom stereocenters. The summed E-state index contributed by atoms with van der Waals surface area (Å²) in [5, 5.41) is 4.76. The molecular formula is C15H18Cl2N2O2. The average molecular weight is 329 g/mol. The second-order valence-corrected chi connectivity index (χ2v) is 6.30. The summed E-state index contributed by atoms with van der Waals surface area (Å²) in [7, 11) is 2.08. The van der Waals surface area contributed by atoms with Crippen LogP contribution < -0.4 is 0 Å². The van der Waals surface area contributed by atoms with Gasteiger partial charge in [-0.1, -0.05) is 35.3 Å². The van der Waals surface area contributed by atoms with Crippen LogP contribution in [0.5, 0.6) is 0 Å². The van der Waals surface area contributed by atoms with Gasteiger partial charge in [-0.25, -0.2) is 4.79 Å². The van der Waals surface area contributed by atoms with Gasteiger partial charge in [0, 0.05) is 24.9 Å². The van der Waals surface area contributed by atoms with E-state index in [1.807, 2.05) is 0 Å². The fourth-order valence-corrected chi connectivity index (χ4v) is 2.58. The van der Waals surface area contributed by atoms with Crippen LogP contribution in [0.25, 0.3) is 0 Å². The highest BCUT2D eigenvalue weighted by Crippen LogP contribution is 2.23. The van der Waals surface area contributed by atoms with Crippen molar-refractivity contribution in [1.82, 2.24) is 4.90 Å². The van der Waals surface area contributed by atoms with Crippen LogP contribution in [0.4, 0.5) is 0 Å². The minimum atomic E-state index is -0.528. The first-order chi connectivity index (χ1) is 9.88. The smallest absolute Gasteiger partial charge is 0.313 e. The van der Waals surface area contributed by atoms with Gasteiger partial charge in [0.05, 0.1) is 21.3 Å². The zero-order valence-corrected chi connectivity index (χ0v) is 13.8. The Bertz CT molecular complexity index is 575. The Morgan fingerprint density at radius 1 is 1.33 bits per heavy atom. The second-order valence-electron chi connectivity index (χ2n) is 5.48. The molecule has 1 heterocycles. The van der Waals surface area contributed by atoms with Crippen molar-refractivity contribution >= 4 is 34.9 Å². The summed E-state index contributed by atoms with van der Waals surface area (Å²) < 4.78 is 0. The Kier molecular flexibility index (Phi) is 5.25. The first kappa shape index (κ1) is 16.3. The van der Waals surface area contributed by atoms with Gasteiger partial charge in [0.15, 0.2) is 0 Å². The molecule has 0 aromatic heterocycles. The molecule has 6 heteroatoms. The fourth-order valence-electron chi connectivity index (χ4n) is 2.28. The van der Waals surface area contributed by atoms with Crippen molar-refractivity contribution in [2.45, 2.75) is 26.3 Å². The summed E-state index contributed by atoms with van der Waals surface area (Å²) in [5.74, 6) is -0.257.